The van der Waals surface area contributed by atoms with Crippen LogP contribution in [0, 0.1) is 6.92 Å². The molecular formula is C8H10N2O3S. The Kier molecular flexibility index (Phi) is 3.19. The van der Waals surface area contributed by atoms with Crippen molar-refractivity contribution < 1.29 is 14.7 Å². The fourth-order valence-electron chi connectivity index (χ4n) is 0.926. The molecule has 0 fully saturated rings. The lowest BCUT2D eigenvalue weighted by atomic mass is 10.4. The summed E-state index contributed by atoms with van der Waals surface area (Å²) >= 11 is 1.08. The number of rotatable bonds is 3. The maximum absolute atomic E-state index is 10.7. The van der Waals surface area contributed by atoms with Crippen LogP contribution >= 0.6 is 11.3 Å². The monoisotopic (exact) mass is 214 g/mol. The highest BCUT2D eigenvalue weighted by atomic mass is 32.1. The third-order valence-electron chi connectivity index (χ3n) is 1.52. The summed E-state index contributed by atoms with van der Waals surface area (Å²) in [7, 11) is 0. The molecular weight excluding hydrogens is 204 g/mol. The SMILES string of the molecule is CC(=O)NCc1nc(C)c(C(=O)O)s1. The molecule has 6 heteroatoms. The predicted molar refractivity (Wildman–Crippen MR) is 51.3 cm³/mol. The van der Waals surface area contributed by atoms with Gasteiger partial charge in [-0.2, -0.15) is 0 Å². The van der Waals surface area contributed by atoms with Crippen molar-refractivity contribution in [1.29, 1.82) is 0 Å². The zero-order valence-electron chi connectivity index (χ0n) is 7.83. The Labute approximate surface area is 84.8 Å². The molecule has 2 N–H and O–H groups in total. The Morgan fingerprint density at radius 2 is 2.21 bits per heavy atom. The van der Waals surface area contributed by atoms with Crippen LogP contribution in [0.2, 0.25) is 0 Å². The van der Waals surface area contributed by atoms with E-state index in [1.165, 1.54) is 6.92 Å². The molecule has 0 aliphatic carbocycles. The molecule has 14 heavy (non-hydrogen) atoms. The molecule has 0 bridgehead atoms. The summed E-state index contributed by atoms with van der Waals surface area (Å²) in [6.45, 7) is 3.32. The van der Waals surface area contributed by atoms with Gasteiger partial charge in [-0.3, -0.25) is 4.79 Å². The largest absolute Gasteiger partial charge is 0.477 e. The molecule has 5 nitrogen and oxygen atoms in total. The van der Waals surface area contributed by atoms with Gasteiger partial charge >= 0.3 is 5.97 Å². The summed E-state index contributed by atoms with van der Waals surface area (Å²) in [5, 5.41) is 11.9. The van der Waals surface area contributed by atoms with Gasteiger partial charge in [-0.15, -0.1) is 11.3 Å². The first-order valence-electron chi connectivity index (χ1n) is 3.94. The van der Waals surface area contributed by atoms with Crippen molar-refractivity contribution in [3.05, 3.63) is 15.6 Å². The molecule has 0 atom stereocenters. The first-order valence-corrected chi connectivity index (χ1v) is 4.76. The van der Waals surface area contributed by atoms with E-state index < -0.39 is 5.97 Å². The molecule has 0 unspecified atom stereocenters. The van der Waals surface area contributed by atoms with E-state index in [9.17, 15) is 9.59 Å². The van der Waals surface area contributed by atoms with Crippen molar-refractivity contribution in [2.45, 2.75) is 20.4 Å². The summed E-state index contributed by atoms with van der Waals surface area (Å²) in [4.78, 5) is 25.5. The van der Waals surface area contributed by atoms with Gasteiger partial charge in [0.1, 0.15) is 9.88 Å². The minimum absolute atomic E-state index is 0.158. The number of thiazole rings is 1. The van der Waals surface area contributed by atoms with Crippen molar-refractivity contribution in [1.82, 2.24) is 10.3 Å². The minimum Gasteiger partial charge on any atom is -0.477 e. The van der Waals surface area contributed by atoms with Crippen LogP contribution in [0.25, 0.3) is 0 Å². The Morgan fingerprint density at radius 3 is 2.64 bits per heavy atom. The topological polar surface area (TPSA) is 79.3 Å². The van der Waals surface area contributed by atoms with Crippen molar-refractivity contribution in [3.8, 4) is 0 Å². The fourth-order valence-corrected chi connectivity index (χ4v) is 1.77. The smallest absolute Gasteiger partial charge is 0.347 e. The van der Waals surface area contributed by atoms with E-state index in [1.807, 2.05) is 0 Å². The lowest BCUT2D eigenvalue weighted by molar-refractivity contribution is -0.119. The van der Waals surface area contributed by atoms with Crippen LogP contribution in [0.3, 0.4) is 0 Å². The maximum atomic E-state index is 10.7. The van der Waals surface area contributed by atoms with E-state index in [1.54, 1.807) is 6.92 Å². The van der Waals surface area contributed by atoms with E-state index in [0.717, 1.165) is 11.3 Å². The van der Waals surface area contributed by atoms with Gasteiger partial charge in [0.25, 0.3) is 0 Å². The zero-order chi connectivity index (χ0) is 10.7. The van der Waals surface area contributed by atoms with Gasteiger partial charge < -0.3 is 10.4 Å². The Hall–Kier alpha value is -1.43. The molecule has 0 aliphatic rings. The van der Waals surface area contributed by atoms with Gasteiger partial charge in [-0.25, -0.2) is 9.78 Å². The summed E-state index contributed by atoms with van der Waals surface area (Å²) in [6, 6.07) is 0. The number of carboxylic acids is 1. The minimum atomic E-state index is -0.978. The van der Waals surface area contributed by atoms with Gasteiger partial charge in [-0.1, -0.05) is 0 Å². The highest BCUT2D eigenvalue weighted by molar-refractivity contribution is 7.13. The Balaban J connectivity index is 2.76. The summed E-state index contributed by atoms with van der Waals surface area (Å²) in [6.07, 6.45) is 0. The first kappa shape index (κ1) is 10.6. The molecule has 0 radical (unpaired) electrons. The number of carbonyl (C=O) groups is 2. The number of carboxylic acid groups (broad SMARTS) is 1. The molecule has 76 valence electrons. The second-order valence-corrected chi connectivity index (χ2v) is 3.82. The molecule has 0 saturated heterocycles. The molecule has 0 aromatic carbocycles. The first-order chi connectivity index (χ1) is 6.50. The number of hydrogen-bond acceptors (Lipinski definition) is 4. The molecule has 1 aromatic rings. The Bertz CT molecular complexity index is 373. The number of hydrogen-bond donors (Lipinski definition) is 2. The summed E-state index contributed by atoms with van der Waals surface area (Å²) < 4.78 is 0. The van der Waals surface area contributed by atoms with Crippen molar-refractivity contribution in [2.24, 2.45) is 0 Å². The van der Waals surface area contributed by atoms with Crippen LogP contribution in [0.4, 0.5) is 0 Å². The average Bonchev–Trinajstić information content (AvgIpc) is 2.43. The van der Waals surface area contributed by atoms with Gasteiger partial charge in [0, 0.05) is 6.92 Å². The molecule has 1 rings (SSSR count). The third kappa shape index (κ3) is 2.53. The molecule has 0 aliphatic heterocycles. The lowest BCUT2D eigenvalue weighted by Gasteiger charge is -1.95. The second kappa shape index (κ2) is 4.19. The van der Waals surface area contributed by atoms with Crippen molar-refractivity contribution in [3.63, 3.8) is 0 Å². The van der Waals surface area contributed by atoms with E-state index in [4.69, 9.17) is 5.11 Å². The lowest BCUT2D eigenvalue weighted by Crippen LogP contribution is -2.18. The summed E-state index contributed by atoms with van der Waals surface area (Å²) in [5.41, 5.74) is 0.489. The van der Waals surface area contributed by atoms with Gasteiger partial charge in [-0.05, 0) is 6.92 Å². The van der Waals surface area contributed by atoms with E-state index in [0.29, 0.717) is 10.7 Å². The Morgan fingerprint density at radius 1 is 1.57 bits per heavy atom. The predicted octanol–water partition coefficient (Wildman–Crippen LogP) is 0.786. The van der Waals surface area contributed by atoms with Crippen molar-refractivity contribution >= 4 is 23.2 Å². The standard InChI is InChI=1S/C8H10N2O3S/c1-4-7(8(12)13)14-6(10-4)3-9-5(2)11/h3H2,1-2H3,(H,9,11)(H,12,13). The molecule has 0 saturated carbocycles. The number of amides is 1. The number of nitrogens with zero attached hydrogens (tertiary/aromatic N) is 1. The van der Waals surface area contributed by atoms with Gasteiger partial charge in [0.05, 0.1) is 12.2 Å². The number of nitrogens with one attached hydrogen (secondary N) is 1. The summed E-state index contributed by atoms with van der Waals surface area (Å²) in [5.74, 6) is -1.14. The van der Waals surface area contributed by atoms with Gasteiger partial charge in [0.15, 0.2) is 0 Å². The maximum Gasteiger partial charge on any atom is 0.347 e. The third-order valence-corrected chi connectivity index (χ3v) is 2.67. The molecule has 1 aromatic heterocycles. The van der Waals surface area contributed by atoms with Gasteiger partial charge in [0.2, 0.25) is 5.91 Å². The van der Waals surface area contributed by atoms with Crippen LogP contribution in [0.15, 0.2) is 0 Å². The fraction of sp³-hybridized carbons (Fsp3) is 0.375. The van der Waals surface area contributed by atoms with E-state index >= 15 is 0 Å². The number of aryl methyl sites for hydroxylation is 1. The molecule has 0 spiro atoms. The average molecular weight is 214 g/mol. The van der Waals surface area contributed by atoms with Crippen LogP contribution in [-0.2, 0) is 11.3 Å². The molecule has 1 amide bonds. The van der Waals surface area contributed by atoms with Crippen LogP contribution in [0.5, 0.6) is 0 Å². The number of aromatic carboxylic acids is 1. The number of carbonyl (C=O) groups excluding carboxylic acids is 1. The quantitative estimate of drug-likeness (QED) is 0.779. The van der Waals surface area contributed by atoms with Crippen LogP contribution < -0.4 is 5.32 Å². The molecule has 1 heterocycles. The van der Waals surface area contributed by atoms with E-state index in [2.05, 4.69) is 10.3 Å². The zero-order valence-corrected chi connectivity index (χ0v) is 8.64. The highest BCUT2D eigenvalue weighted by Gasteiger charge is 2.13. The van der Waals surface area contributed by atoms with E-state index in [-0.39, 0.29) is 17.3 Å². The number of aromatic nitrogens is 1. The second-order valence-electron chi connectivity index (χ2n) is 2.74. The van der Waals surface area contributed by atoms with Crippen molar-refractivity contribution in [2.75, 3.05) is 0 Å². The van der Waals surface area contributed by atoms with Crippen LogP contribution in [0.1, 0.15) is 27.3 Å². The normalized spacial score (nSPS) is 9.86. The van der Waals surface area contributed by atoms with Crippen LogP contribution in [-0.4, -0.2) is 22.0 Å². The highest BCUT2D eigenvalue weighted by Crippen LogP contribution is 2.17.